The molecule has 2 aromatic carbocycles. The van der Waals surface area contributed by atoms with E-state index < -0.39 is 10.0 Å². The molecule has 1 aliphatic rings. The van der Waals surface area contributed by atoms with Crippen LogP contribution in [0.15, 0.2) is 53.4 Å². The zero-order chi connectivity index (χ0) is 22.0. The van der Waals surface area contributed by atoms with Gasteiger partial charge in [0.15, 0.2) is 5.82 Å². The summed E-state index contributed by atoms with van der Waals surface area (Å²) in [6.45, 7) is 2.99. The fraction of sp³-hybridized carbons (Fsp3) is 0.273. The van der Waals surface area contributed by atoms with Gasteiger partial charge in [-0.2, -0.15) is 4.31 Å². The molecule has 1 aliphatic heterocycles. The first-order valence-electron chi connectivity index (χ1n) is 9.94. The summed E-state index contributed by atoms with van der Waals surface area (Å²) in [5, 5.41) is 12.3. The zero-order valence-corrected chi connectivity index (χ0v) is 18.9. The van der Waals surface area contributed by atoms with Crippen molar-refractivity contribution in [2.75, 3.05) is 25.5 Å². The van der Waals surface area contributed by atoms with Crippen LogP contribution in [0.3, 0.4) is 0 Å². The Morgan fingerprint density at radius 2 is 1.81 bits per heavy atom. The second-order valence-corrected chi connectivity index (χ2v) is 9.68. The molecule has 0 atom stereocenters. The maximum atomic E-state index is 13.1. The van der Waals surface area contributed by atoms with Crippen molar-refractivity contribution in [3.63, 3.8) is 0 Å². The van der Waals surface area contributed by atoms with Crippen LogP contribution in [0.4, 0.5) is 11.5 Å². The number of methoxy groups -OCH3 is 1. The number of anilines is 2. The van der Waals surface area contributed by atoms with Gasteiger partial charge in [-0.25, -0.2) is 8.42 Å². The number of rotatable bonds is 6. The number of ether oxygens (including phenoxy) is 1. The van der Waals surface area contributed by atoms with Gasteiger partial charge in [0.05, 0.1) is 12.8 Å². The van der Waals surface area contributed by atoms with Crippen molar-refractivity contribution in [3.05, 3.63) is 59.1 Å². The Hall–Kier alpha value is -2.68. The Morgan fingerprint density at radius 1 is 1.03 bits per heavy atom. The number of nitrogens with zero attached hydrogens (tertiary/aromatic N) is 3. The fourth-order valence-electron chi connectivity index (χ4n) is 3.48. The molecule has 0 spiro atoms. The largest absolute Gasteiger partial charge is 0.495 e. The normalized spacial score (nSPS) is 14.5. The summed E-state index contributed by atoms with van der Waals surface area (Å²) in [4.78, 5) is 0.146. The molecule has 0 saturated carbocycles. The topological polar surface area (TPSA) is 84.4 Å². The molecule has 0 aliphatic carbocycles. The van der Waals surface area contributed by atoms with Crippen LogP contribution in [-0.2, 0) is 10.0 Å². The first kappa shape index (κ1) is 21.5. The zero-order valence-electron chi connectivity index (χ0n) is 17.3. The molecule has 3 aromatic rings. The average Bonchev–Trinajstić information content (AvgIpc) is 3.32. The molecule has 9 heteroatoms. The number of aryl methyl sites for hydroxylation is 1. The molecule has 1 N–H and O–H groups in total. The van der Waals surface area contributed by atoms with Crippen molar-refractivity contribution in [3.8, 4) is 17.0 Å². The minimum Gasteiger partial charge on any atom is -0.495 e. The lowest BCUT2D eigenvalue weighted by Crippen LogP contribution is -2.28. The molecule has 2 heterocycles. The Kier molecular flexibility index (Phi) is 6.13. The molecular formula is C22H23ClN4O3S. The van der Waals surface area contributed by atoms with E-state index in [1.54, 1.807) is 30.3 Å². The van der Waals surface area contributed by atoms with Gasteiger partial charge >= 0.3 is 0 Å². The van der Waals surface area contributed by atoms with E-state index in [1.807, 2.05) is 25.1 Å². The molecule has 7 nitrogen and oxygen atoms in total. The second kappa shape index (κ2) is 8.82. The fourth-order valence-corrected chi connectivity index (χ4v) is 5.36. The summed E-state index contributed by atoms with van der Waals surface area (Å²) in [6.07, 6.45) is 1.74. The van der Waals surface area contributed by atoms with Gasteiger partial charge in [-0.1, -0.05) is 17.7 Å². The number of hydrogen-bond donors (Lipinski definition) is 1. The van der Waals surface area contributed by atoms with Crippen LogP contribution in [0, 0.1) is 6.92 Å². The Labute approximate surface area is 187 Å². The van der Waals surface area contributed by atoms with Gasteiger partial charge in [0.2, 0.25) is 10.0 Å². The summed E-state index contributed by atoms with van der Waals surface area (Å²) in [5.74, 6) is 0.875. The summed E-state index contributed by atoms with van der Waals surface area (Å²) in [6, 6.07) is 14.3. The third kappa shape index (κ3) is 4.51. The van der Waals surface area contributed by atoms with Gasteiger partial charge in [-0.15, -0.1) is 10.2 Å². The Balaban J connectivity index is 1.61. The molecule has 1 aromatic heterocycles. The van der Waals surface area contributed by atoms with Crippen molar-refractivity contribution >= 4 is 33.1 Å². The van der Waals surface area contributed by atoms with Crippen LogP contribution >= 0.6 is 11.6 Å². The van der Waals surface area contributed by atoms with E-state index in [0.29, 0.717) is 40.9 Å². The lowest BCUT2D eigenvalue weighted by molar-refractivity contribution is 0.398. The van der Waals surface area contributed by atoms with E-state index in [-0.39, 0.29) is 4.90 Å². The Morgan fingerprint density at radius 3 is 2.45 bits per heavy atom. The maximum absolute atomic E-state index is 13.1. The molecule has 0 radical (unpaired) electrons. The van der Waals surface area contributed by atoms with Crippen molar-refractivity contribution in [1.29, 1.82) is 0 Å². The summed E-state index contributed by atoms with van der Waals surface area (Å²) >= 11 is 6.17. The van der Waals surface area contributed by atoms with Crippen LogP contribution < -0.4 is 10.1 Å². The second-order valence-electron chi connectivity index (χ2n) is 7.37. The minimum absolute atomic E-state index is 0.146. The molecule has 0 unspecified atom stereocenters. The smallest absolute Gasteiger partial charge is 0.246 e. The molecule has 31 heavy (non-hydrogen) atoms. The van der Waals surface area contributed by atoms with Crippen LogP contribution in [-0.4, -0.2) is 43.1 Å². The van der Waals surface area contributed by atoms with Gasteiger partial charge in [0.1, 0.15) is 10.6 Å². The van der Waals surface area contributed by atoms with Crippen molar-refractivity contribution < 1.29 is 13.2 Å². The van der Waals surface area contributed by atoms with Crippen LogP contribution in [0.25, 0.3) is 11.3 Å². The molecule has 1 fully saturated rings. The van der Waals surface area contributed by atoms with Gasteiger partial charge in [0, 0.05) is 29.4 Å². The number of hydrogen-bond acceptors (Lipinski definition) is 6. The van der Waals surface area contributed by atoms with E-state index >= 15 is 0 Å². The van der Waals surface area contributed by atoms with Crippen molar-refractivity contribution in [2.45, 2.75) is 24.7 Å². The SMILES string of the molecule is COc1ccc(-c2ccc(Nc3ccc(C)c(Cl)c3)nn2)cc1S(=O)(=O)N1CCCC1. The molecule has 4 rings (SSSR count). The van der Waals surface area contributed by atoms with Crippen LogP contribution in [0.1, 0.15) is 18.4 Å². The van der Waals surface area contributed by atoms with E-state index in [2.05, 4.69) is 15.5 Å². The predicted octanol–water partition coefficient (Wildman–Crippen LogP) is 4.64. The predicted molar refractivity (Wildman–Crippen MR) is 121 cm³/mol. The number of halogens is 1. The van der Waals surface area contributed by atoms with E-state index in [1.165, 1.54) is 11.4 Å². The van der Waals surface area contributed by atoms with Crippen LogP contribution in [0.5, 0.6) is 5.75 Å². The molecule has 1 saturated heterocycles. The molecular weight excluding hydrogens is 436 g/mol. The standard InChI is InChI=1S/C22H23ClN4O3S/c1-15-5-7-17(14-18(15)23)24-22-10-8-19(25-26-22)16-6-9-20(30-2)21(13-16)31(28,29)27-11-3-4-12-27/h5-10,13-14H,3-4,11-12H2,1-2H3,(H,24,26). The Bertz CT molecular complexity index is 1190. The number of sulfonamides is 1. The summed E-state index contributed by atoms with van der Waals surface area (Å²) in [7, 11) is -2.17. The average molecular weight is 459 g/mol. The van der Waals surface area contributed by atoms with Gasteiger partial charge in [-0.3, -0.25) is 0 Å². The summed E-state index contributed by atoms with van der Waals surface area (Å²) in [5.41, 5.74) is 3.01. The lowest BCUT2D eigenvalue weighted by atomic mass is 10.1. The third-order valence-corrected chi connectivity index (χ3v) is 7.58. The monoisotopic (exact) mass is 458 g/mol. The number of nitrogens with one attached hydrogen (secondary N) is 1. The van der Waals surface area contributed by atoms with E-state index in [4.69, 9.17) is 16.3 Å². The van der Waals surface area contributed by atoms with Crippen molar-refractivity contribution in [1.82, 2.24) is 14.5 Å². The van der Waals surface area contributed by atoms with Gasteiger partial charge < -0.3 is 10.1 Å². The highest BCUT2D eigenvalue weighted by Crippen LogP contribution is 2.32. The highest BCUT2D eigenvalue weighted by molar-refractivity contribution is 7.89. The van der Waals surface area contributed by atoms with Crippen LogP contribution in [0.2, 0.25) is 5.02 Å². The van der Waals surface area contributed by atoms with E-state index in [9.17, 15) is 8.42 Å². The van der Waals surface area contributed by atoms with Gasteiger partial charge in [-0.05, 0) is 67.8 Å². The molecule has 162 valence electrons. The van der Waals surface area contributed by atoms with Crippen molar-refractivity contribution in [2.24, 2.45) is 0 Å². The highest BCUT2D eigenvalue weighted by atomic mass is 35.5. The maximum Gasteiger partial charge on any atom is 0.246 e. The number of aromatic nitrogens is 2. The third-order valence-electron chi connectivity index (χ3n) is 5.25. The first-order chi connectivity index (χ1) is 14.9. The first-order valence-corrected chi connectivity index (χ1v) is 11.8. The quantitative estimate of drug-likeness (QED) is 0.579. The highest BCUT2D eigenvalue weighted by Gasteiger charge is 2.30. The number of benzene rings is 2. The van der Waals surface area contributed by atoms with Gasteiger partial charge in [0.25, 0.3) is 0 Å². The molecule has 0 amide bonds. The molecule has 0 bridgehead atoms. The van der Waals surface area contributed by atoms with E-state index in [0.717, 1.165) is 24.1 Å². The lowest BCUT2D eigenvalue weighted by Gasteiger charge is -2.18. The minimum atomic E-state index is -3.63. The summed E-state index contributed by atoms with van der Waals surface area (Å²) < 4.78 is 33.0.